The molecule has 0 radical (unpaired) electrons. The summed E-state index contributed by atoms with van der Waals surface area (Å²) in [6.45, 7) is 7.37. The van der Waals surface area contributed by atoms with Crippen LogP contribution >= 0.6 is 0 Å². The van der Waals surface area contributed by atoms with Gasteiger partial charge in [0.1, 0.15) is 0 Å². The lowest BCUT2D eigenvalue weighted by atomic mass is 10.00. The second-order valence-electron chi connectivity index (χ2n) is 4.91. The minimum atomic E-state index is 0.129. The summed E-state index contributed by atoms with van der Waals surface area (Å²) in [5.41, 5.74) is 7.32. The van der Waals surface area contributed by atoms with Crippen LogP contribution in [0.15, 0.2) is 18.5 Å². The third-order valence-corrected chi connectivity index (χ3v) is 3.01. The summed E-state index contributed by atoms with van der Waals surface area (Å²) in [4.78, 5) is 0. The van der Waals surface area contributed by atoms with Crippen molar-refractivity contribution in [3.05, 3.63) is 24.0 Å². The zero-order chi connectivity index (χ0) is 13.4. The Morgan fingerprint density at radius 3 is 2.72 bits per heavy atom. The number of ether oxygens (including phenoxy) is 2. The number of hydrogen-bond acceptors (Lipinski definition) is 3. The first-order valence-electron chi connectivity index (χ1n) is 6.63. The number of nitrogens with zero attached hydrogens (tertiary/aromatic N) is 1. The molecule has 0 aliphatic rings. The first-order valence-corrected chi connectivity index (χ1v) is 6.63. The molecule has 2 N–H and O–H groups in total. The van der Waals surface area contributed by atoms with Crippen molar-refractivity contribution in [2.45, 2.75) is 32.9 Å². The van der Waals surface area contributed by atoms with E-state index in [0.29, 0.717) is 19.1 Å². The molecule has 0 spiro atoms. The second kappa shape index (κ2) is 8.29. The number of hydrogen-bond donors (Lipinski definition) is 1. The van der Waals surface area contributed by atoms with Gasteiger partial charge in [0.05, 0.1) is 13.2 Å². The Morgan fingerprint density at radius 1 is 1.28 bits per heavy atom. The highest BCUT2D eigenvalue weighted by atomic mass is 16.5. The average Bonchev–Trinajstić information content (AvgIpc) is 2.81. The lowest BCUT2D eigenvalue weighted by molar-refractivity contribution is 0.0680. The van der Waals surface area contributed by atoms with Crippen LogP contribution < -0.4 is 5.73 Å². The van der Waals surface area contributed by atoms with Crippen LogP contribution in [0.5, 0.6) is 0 Å². The van der Waals surface area contributed by atoms with Crippen LogP contribution in [0.2, 0.25) is 0 Å². The van der Waals surface area contributed by atoms with E-state index >= 15 is 0 Å². The lowest BCUT2D eigenvalue weighted by Crippen LogP contribution is -2.16. The van der Waals surface area contributed by atoms with Crippen LogP contribution in [0.1, 0.15) is 31.9 Å². The quantitative estimate of drug-likeness (QED) is 0.687. The van der Waals surface area contributed by atoms with Crippen molar-refractivity contribution in [3.63, 3.8) is 0 Å². The Hall–Kier alpha value is -0.840. The Bertz CT molecular complexity index is 323. The van der Waals surface area contributed by atoms with E-state index in [9.17, 15) is 0 Å². The SMILES string of the molecule is COCCOCCCn1ccc(C(N)C(C)C)c1. The summed E-state index contributed by atoms with van der Waals surface area (Å²) >= 11 is 0. The van der Waals surface area contributed by atoms with Crippen LogP contribution in [0, 0.1) is 5.92 Å². The summed E-state index contributed by atoms with van der Waals surface area (Å²) in [6, 6.07) is 2.24. The summed E-state index contributed by atoms with van der Waals surface area (Å²) in [6.07, 6.45) is 5.24. The van der Waals surface area contributed by atoms with Gasteiger partial charge in [0, 0.05) is 38.7 Å². The van der Waals surface area contributed by atoms with Gasteiger partial charge in [-0.2, -0.15) is 0 Å². The maximum absolute atomic E-state index is 6.11. The third-order valence-electron chi connectivity index (χ3n) is 3.01. The first-order chi connectivity index (χ1) is 8.65. The average molecular weight is 254 g/mol. The van der Waals surface area contributed by atoms with Gasteiger partial charge in [0.2, 0.25) is 0 Å². The van der Waals surface area contributed by atoms with Gasteiger partial charge in [-0.1, -0.05) is 13.8 Å². The molecule has 0 fully saturated rings. The Labute approximate surface area is 110 Å². The molecule has 0 saturated heterocycles. The van der Waals surface area contributed by atoms with Gasteiger partial charge in [0.25, 0.3) is 0 Å². The van der Waals surface area contributed by atoms with Crippen LogP contribution in [0.3, 0.4) is 0 Å². The monoisotopic (exact) mass is 254 g/mol. The van der Waals surface area contributed by atoms with Crippen LogP contribution in [0.25, 0.3) is 0 Å². The number of aryl methyl sites for hydroxylation is 1. The number of aromatic nitrogens is 1. The van der Waals surface area contributed by atoms with Gasteiger partial charge in [-0.15, -0.1) is 0 Å². The van der Waals surface area contributed by atoms with Crippen molar-refractivity contribution >= 4 is 0 Å². The minimum absolute atomic E-state index is 0.129. The van der Waals surface area contributed by atoms with Crippen molar-refractivity contribution in [1.82, 2.24) is 4.57 Å². The molecule has 104 valence electrons. The summed E-state index contributed by atoms with van der Waals surface area (Å²) in [7, 11) is 1.68. The van der Waals surface area contributed by atoms with E-state index in [-0.39, 0.29) is 6.04 Å². The van der Waals surface area contributed by atoms with E-state index in [1.165, 1.54) is 5.56 Å². The number of nitrogens with two attached hydrogens (primary N) is 1. The second-order valence-corrected chi connectivity index (χ2v) is 4.91. The van der Waals surface area contributed by atoms with Gasteiger partial charge < -0.3 is 19.8 Å². The van der Waals surface area contributed by atoms with Gasteiger partial charge >= 0.3 is 0 Å². The lowest BCUT2D eigenvalue weighted by Gasteiger charge is -2.13. The Morgan fingerprint density at radius 2 is 2.06 bits per heavy atom. The molecular weight excluding hydrogens is 228 g/mol. The molecule has 18 heavy (non-hydrogen) atoms. The minimum Gasteiger partial charge on any atom is -0.382 e. The fourth-order valence-corrected chi connectivity index (χ4v) is 1.77. The Balaban J connectivity index is 2.23. The summed E-state index contributed by atoms with van der Waals surface area (Å²) in [5, 5.41) is 0. The summed E-state index contributed by atoms with van der Waals surface area (Å²) < 4.78 is 12.5. The van der Waals surface area contributed by atoms with Crippen LogP contribution in [-0.2, 0) is 16.0 Å². The van der Waals surface area contributed by atoms with Gasteiger partial charge in [-0.05, 0) is 24.0 Å². The summed E-state index contributed by atoms with van der Waals surface area (Å²) in [5.74, 6) is 0.471. The first kappa shape index (κ1) is 15.2. The van der Waals surface area contributed by atoms with Crippen molar-refractivity contribution in [1.29, 1.82) is 0 Å². The van der Waals surface area contributed by atoms with E-state index in [1.807, 2.05) is 0 Å². The topological polar surface area (TPSA) is 49.4 Å². The fourth-order valence-electron chi connectivity index (χ4n) is 1.77. The highest BCUT2D eigenvalue weighted by Crippen LogP contribution is 2.18. The van der Waals surface area contributed by atoms with E-state index in [1.54, 1.807) is 7.11 Å². The normalized spacial score (nSPS) is 13.2. The van der Waals surface area contributed by atoms with E-state index in [4.69, 9.17) is 15.2 Å². The molecule has 1 aromatic heterocycles. The zero-order valence-electron chi connectivity index (χ0n) is 11.8. The molecule has 0 amide bonds. The number of methoxy groups -OCH3 is 1. The molecule has 4 heteroatoms. The molecule has 0 saturated carbocycles. The Kier molecular flexibility index (Phi) is 7.01. The number of rotatable bonds is 9. The molecule has 0 aromatic carbocycles. The predicted octanol–water partition coefficient (Wildman–Crippen LogP) is 2.20. The standard InChI is InChI=1S/C14H26N2O2/c1-12(2)14(15)13-5-7-16(11-13)6-4-8-18-10-9-17-3/h5,7,11-12,14H,4,6,8-10,15H2,1-3H3. The molecule has 0 aliphatic heterocycles. The molecule has 4 nitrogen and oxygen atoms in total. The molecular formula is C14H26N2O2. The van der Waals surface area contributed by atoms with Crippen LogP contribution in [-0.4, -0.2) is 31.5 Å². The fraction of sp³-hybridized carbons (Fsp3) is 0.714. The van der Waals surface area contributed by atoms with Gasteiger partial charge in [-0.3, -0.25) is 0 Å². The third kappa shape index (κ3) is 5.21. The van der Waals surface area contributed by atoms with Gasteiger partial charge in [-0.25, -0.2) is 0 Å². The van der Waals surface area contributed by atoms with E-state index < -0.39 is 0 Å². The molecule has 1 rings (SSSR count). The van der Waals surface area contributed by atoms with E-state index in [0.717, 1.165) is 19.6 Å². The highest BCUT2D eigenvalue weighted by Gasteiger charge is 2.11. The smallest absolute Gasteiger partial charge is 0.0700 e. The molecule has 0 bridgehead atoms. The van der Waals surface area contributed by atoms with Crippen molar-refractivity contribution in [2.75, 3.05) is 26.9 Å². The maximum Gasteiger partial charge on any atom is 0.0700 e. The van der Waals surface area contributed by atoms with Crippen molar-refractivity contribution in [3.8, 4) is 0 Å². The molecule has 1 unspecified atom stereocenters. The maximum atomic E-state index is 6.11. The predicted molar refractivity (Wildman–Crippen MR) is 73.5 cm³/mol. The van der Waals surface area contributed by atoms with Crippen molar-refractivity contribution in [2.24, 2.45) is 11.7 Å². The van der Waals surface area contributed by atoms with Gasteiger partial charge in [0.15, 0.2) is 0 Å². The molecule has 0 aliphatic carbocycles. The van der Waals surface area contributed by atoms with E-state index in [2.05, 4.69) is 36.9 Å². The zero-order valence-corrected chi connectivity index (χ0v) is 11.8. The van der Waals surface area contributed by atoms with Crippen LogP contribution in [0.4, 0.5) is 0 Å². The largest absolute Gasteiger partial charge is 0.382 e. The molecule has 1 atom stereocenters. The molecule has 1 heterocycles. The molecule has 1 aromatic rings. The highest BCUT2D eigenvalue weighted by molar-refractivity contribution is 5.15. The van der Waals surface area contributed by atoms with Crippen molar-refractivity contribution < 1.29 is 9.47 Å².